The number of rotatable bonds is 3. The maximum absolute atomic E-state index is 12.2. The minimum Gasteiger partial charge on any atom is -0.329 e. The van der Waals surface area contributed by atoms with Gasteiger partial charge in [-0.2, -0.15) is 0 Å². The van der Waals surface area contributed by atoms with Crippen LogP contribution < -0.4 is 0 Å². The number of quaternary nitrogens is 1. The van der Waals surface area contributed by atoms with E-state index in [1.54, 1.807) is 0 Å². The molecule has 2 atom stereocenters. The van der Waals surface area contributed by atoms with Gasteiger partial charge < -0.3 is 4.48 Å². The lowest BCUT2D eigenvalue weighted by Gasteiger charge is -2.26. The summed E-state index contributed by atoms with van der Waals surface area (Å²) in [5, 5.41) is 0. The van der Waals surface area contributed by atoms with E-state index in [-0.39, 0.29) is 23.7 Å². The second-order valence-corrected chi connectivity index (χ2v) is 6.34. The fraction of sp³-hybridized carbons (Fsp3) is 0.846. The van der Waals surface area contributed by atoms with Crippen LogP contribution in [0.1, 0.15) is 25.7 Å². The molecule has 2 aliphatic rings. The van der Waals surface area contributed by atoms with E-state index in [0.717, 1.165) is 36.7 Å². The molecule has 17 heavy (non-hydrogen) atoms. The van der Waals surface area contributed by atoms with Crippen LogP contribution in [-0.4, -0.2) is 55.4 Å². The van der Waals surface area contributed by atoms with E-state index in [4.69, 9.17) is 0 Å². The first kappa shape index (κ1) is 12.6. The van der Waals surface area contributed by atoms with Crippen LogP contribution in [0.4, 0.5) is 0 Å². The first-order valence-corrected chi connectivity index (χ1v) is 6.56. The van der Waals surface area contributed by atoms with Gasteiger partial charge in [0.15, 0.2) is 0 Å². The van der Waals surface area contributed by atoms with Gasteiger partial charge in [0, 0.05) is 0 Å². The molecule has 2 fully saturated rings. The fourth-order valence-electron chi connectivity index (χ4n) is 2.85. The standard InChI is InChI=1S/C13H23N2O2/c1-15(2,3)9-8-14-12(16)10-6-4-5-7-11(10)13(14)17/h10-11H,4-9H2,1-3H3/q+1/t10-,11-/m0/s1. The first-order chi connectivity index (χ1) is 7.90. The Morgan fingerprint density at radius 2 is 1.53 bits per heavy atom. The molecule has 0 aromatic heterocycles. The van der Waals surface area contributed by atoms with E-state index in [0.29, 0.717) is 6.54 Å². The minimum absolute atomic E-state index is 0.00344. The Kier molecular flexibility index (Phi) is 3.25. The number of carbonyl (C=O) groups excluding carboxylic acids is 2. The van der Waals surface area contributed by atoms with Gasteiger partial charge in [-0.25, -0.2) is 0 Å². The molecule has 1 heterocycles. The van der Waals surface area contributed by atoms with Gasteiger partial charge in [-0.3, -0.25) is 14.5 Å². The van der Waals surface area contributed by atoms with Crippen LogP contribution in [0.2, 0.25) is 0 Å². The lowest BCUT2D eigenvalue weighted by atomic mass is 9.81. The molecule has 0 unspecified atom stereocenters. The minimum atomic E-state index is 0.00344. The Morgan fingerprint density at radius 1 is 1.06 bits per heavy atom. The summed E-state index contributed by atoms with van der Waals surface area (Å²) in [6.07, 6.45) is 4.03. The largest absolute Gasteiger partial charge is 0.329 e. The molecule has 0 spiro atoms. The highest BCUT2D eigenvalue weighted by Gasteiger charge is 2.48. The van der Waals surface area contributed by atoms with Crippen molar-refractivity contribution in [2.75, 3.05) is 34.2 Å². The number of imide groups is 1. The van der Waals surface area contributed by atoms with Crippen molar-refractivity contribution in [1.82, 2.24) is 4.90 Å². The van der Waals surface area contributed by atoms with E-state index in [2.05, 4.69) is 21.1 Å². The van der Waals surface area contributed by atoms with Gasteiger partial charge >= 0.3 is 0 Å². The van der Waals surface area contributed by atoms with E-state index < -0.39 is 0 Å². The number of carbonyl (C=O) groups is 2. The maximum Gasteiger partial charge on any atom is 0.233 e. The summed E-state index contributed by atoms with van der Waals surface area (Å²) in [5.74, 6) is 0.189. The molecule has 4 heteroatoms. The van der Waals surface area contributed by atoms with Gasteiger partial charge in [0.25, 0.3) is 0 Å². The maximum atomic E-state index is 12.2. The molecule has 0 aromatic carbocycles. The van der Waals surface area contributed by atoms with Gasteiger partial charge in [0.1, 0.15) is 0 Å². The molecule has 2 amide bonds. The average molecular weight is 239 g/mol. The predicted molar refractivity (Wildman–Crippen MR) is 65.1 cm³/mol. The second kappa shape index (κ2) is 4.41. The lowest BCUT2D eigenvalue weighted by molar-refractivity contribution is -0.869. The van der Waals surface area contributed by atoms with Crippen LogP contribution in [0.3, 0.4) is 0 Å². The van der Waals surface area contributed by atoms with Crippen molar-refractivity contribution in [3.63, 3.8) is 0 Å². The molecule has 0 N–H and O–H groups in total. The lowest BCUT2D eigenvalue weighted by Crippen LogP contribution is -2.44. The van der Waals surface area contributed by atoms with Crippen LogP contribution in [0.15, 0.2) is 0 Å². The quantitative estimate of drug-likeness (QED) is 0.541. The van der Waals surface area contributed by atoms with Crippen LogP contribution >= 0.6 is 0 Å². The van der Waals surface area contributed by atoms with Gasteiger partial charge in [-0.1, -0.05) is 12.8 Å². The molecule has 2 rings (SSSR count). The van der Waals surface area contributed by atoms with Crippen molar-refractivity contribution >= 4 is 11.8 Å². The molecule has 0 bridgehead atoms. The number of hydrogen-bond donors (Lipinski definition) is 0. The topological polar surface area (TPSA) is 37.4 Å². The molecule has 96 valence electrons. The van der Waals surface area contributed by atoms with E-state index in [9.17, 15) is 9.59 Å². The molecule has 4 nitrogen and oxygen atoms in total. The number of likely N-dealkylation sites (tertiary alicyclic amines) is 1. The van der Waals surface area contributed by atoms with Crippen molar-refractivity contribution in [2.24, 2.45) is 11.8 Å². The Morgan fingerprint density at radius 3 is 1.94 bits per heavy atom. The summed E-state index contributed by atoms with van der Waals surface area (Å²) in [6, 6.07) is 0. The van der Waals surface area contributed by atoms with Crippen LogP contribution in [0, 0.1) is 11.8 Å². The van der Waals surface area contributed by atoms with Crippen molar-refractivity contribution in [1.29, 1.82) is 0 Å². The van der Waals surface area contributed by atoms with Crippen molar-refractivity contribution < 1.29 is 14.1 Å². The summed E-state index contributed by atoms with van der Waals surface area (Å²) in [4.78, 5) is 25.8. The highest BCUT2D eigenvalue weighted by molar-refractivity contribution is 6.05. The molecular weight excluding hydrogens is 216 g/mol. The summed E-state index contributed by atoms with van der Waals surface area (Å²) in [5.41, 5.74) is 0. The van der Waals surface area contributed by atoms with E-state index in [1.165, 1.54) is 4.90 Å². The van der Waals surface area contributed by atoms with Crippen molar-refractivity contribution in [3.05, 3.63) is 0 Å². The summed E-state index contributed by atoms with van der Waals surface area (Å²) >= 11 is 0. The van der Waals surface area contributed by atoms with Gasteiger partial charge in [0.2, 0.25) is 11.8 Å². The Hall–Kier alpha value is -0.900. The molecule has 1 aliphatic heterocycles. The Bertz CT molecular complexity index is 309. The SMILES string of the molecule is C[N+](C)(C)CCN1C(=O)[C@H]2CCCC[C@@H]2C1=O. The van der Waals surface area contributed by atoms with E-state index >= 15 is 0 Å². The highest BCUT2D eigenvalue weighted by atomic mass is 16.2. The van der Waals surface area contributed by atoms with Crippen LogP contribution in [-0.2, 0) is 9.59 Å². The third-order valence-electron chi connectivity index (χ3n) is 3.93. The zero-order valence-electron chi connectivity index (χ0n) is 11.1. The third kappa shape index (κ3) is 2.51. The normalized spacial score (nSPS) is 29.7. The van der Waals surface area contributed by atoms with Gasteiger partial charge in [-0.15, -0.1) is 0 Å². The summed E-state index contributed by atoms with van der Waals surface area (Å²) in [6.45, 7) is 1.41. The van der Waals surface area contributed by atoms with Crippen LogP contribution in [0.25, 0.3) is 0 Å². The van der Waals surface area contributed by atoms with Gasteiger partial charge in [0.05, 0.1) is 46.1 Å². The third-order valence-corrected chi connectivity index (χ3v) is 3.93. The smallest absolute Gasteiger partial charge is 0.233 e. The first-order valence-electron chi connectivity index (χ1n) is 6.56. The van der Waals surface area contributed by atoms with E-state index in [1.807, 2.05) is 0 Å². The molecule has 0 radical (unpaired) electrons. The summed E-state index contributed by atoms with van der Waals surface area (Å²) in [7, 11) is 6.24. The number of hydrogen-bond acceptors (Lipinski definition) is 2. The Balaban J connectivity index is 2.03. The number of amides is 2. The van der Waals surface area contributed by atoms with Crippen LogP contribution in [0.5, 0.6) is 0 Å². The summed E-state index contributed by atoms with van der Waals surface area (Å²) < 4.78 is 0.784. The zero-order chi connectivity index (χ0) is 12.6. The number of likely N-dealkylation sites (N-methyl/N-ethyl adjacent to an activating group) is 1. The second-order valence-electron chi connectivity index (χ2n) is 6.34. The molecule has 1 saturated heterocycles. The van der Waals surface area contributed by atoms with Crippen molar-refractivity contribution in [3.8, 4) is 0 Å². The number of fused-ring (bicyclic) bond motifs is 1. The monoisotopic (exact) mass is 239 g/mol. The fourth-order valence-corrected chi connectivity index (χ4v) is 2.85. The highest BCUT2D eigenvalue weighted by Crippen LogP contribution is 2.37. The number of nitrogens with zero attached hydrogens (tertiary/aromatic N) is 2. The average Bonchev–Trinajstić information content (AvgIpc) is 2.49. The molecular formula is C13H23N2O2+. The molecule has 1 aliphatic carbocycles. The predicted octanol–water partition coefficient (Wildman–Crippen LogP) is 0.868. The van der Waals surface area contributed by atoms with Crippen molar-refractivity contribution in [2.45, 2.75) is 25.7 Å². The Labute approximate surface area is 103 Å². The molecule has 0 aromatic rings. The molecule has 1 saturated carbocycles. The zero-order valence-corrected chi connectivity index (χ0v) is 11.1. The van der Waals surface area contributed by atoms with Gasteiger partial charge in [-0.05, 0) is 12.8 Å².